The van der Waals surface area contributed by atoms with Gasteiger partial charge in [0.1, 0.15) is 0 Å². The summed E-state index contributed by atoms with van der Waals surface area (Å²) < 4.78 is 5.50. The van der Waals surface area contributed by atoms with Crippen molar-refractivity contribution in [2.24, 2.45) is 5.73 Å². The van der Waals surface area contributed by atoms with Gasteiger partial charge >= 0.3 is 0 Å². The third-order valence-electron chi connectivity index (χ3n) is 2.89. The Morgan fingerprint density at radius 3 is 2.88 bits per heavy atom. The number of benzene rings is 1. The summed E-state index contributed by atoms with van der Waals surface area (Å²) in [5.74, 6) is -0.439. The molecule has 2 atom stereocenters. The number of nitrogens with two attached hydrogens (primary N) is 2. The van der Waals surface area contributed by atoms with Gasteiger partial charge in [-0.25, -0.2) is 0 Å². The molecule has 4 N–H and O–H groups in total. The fraction of sp³-hybridized carbons (Fsp3) is 0.417. The van der Waals surface area contributed by atoms with E-state index in [2.05, 4.69) is 0 Å². The Morgan fingerprint density at radius 1 is 1.53 bits per heavy atom. The van der Waals surface area contributed by atoms with Crippen molar-refractivity contribution < 1.29 is 9.53 Å². The molecule has 1 heterocycles. The highest BCUT2D eigenvalue weighted by Crippen LogP contribution is 2.37. The van der Waals surface area contributed by atoms with E-state index >= 15 is 0 Å². The SMILES string of the molecule is CC1OCCC1Sc1c(N)cccc1C(N)=O. The molecular weight excluding hydrogens is 236 g/mol. The van der Waals surface area contributed by atoms with E-state index < -0.39 is 5.91 Å². The lowest BCUT2D eigenvalue weighted by atomic mass is 10.2. The second-order valence-electron chi connectivity index (χ2n) is 4.11. The average Bonchev–Trinajstić information content (AvgIpc) is 2.67. The van der Waals surface area contributed by atoms with Crippen LogP contribution in [0.3, 0.4) is 0 Å². The molecule has 0 saturated carbocycles. The number of nitrogen functional groups attached to an aromatic ring is 1. The maximum Gasteiger partial charge on any atom is 0.249 e. The predicted octanol–water partition coefficient (Wildman–Crippen LogP) is 1.64. The highest BCUT2D eigenvalue weighted by atomic mass is 32.2. The summed E-state index contributed by atoms with van der Waals surface area (Å²) in [7, 11) is 0. The monoisotopic (exact) mass is 252 g/mol. The van der Waals surface area contributed by atoms with Crippen LogP contribution in [0.25, 0.3) is 0 Å². The van der Waals surface area contributed by atoms with E-state index in [-0.39, 0.29) is 6.10 Å². The lowest BCUT2D eigenvalue weighted by Crippen LogP contribution is -2.17. The molecule has 1 aliphatic heterocycles. The molecule has 1 amide bonds. The second-order valence-corrected chi connectivity index (χ2v) is 5.36. The number of anilines is 1. The van der Waals surface area contributed by atoms with Crippen molar-refractivity contribution >= 4 is 23.4 Å². The highest BCUT2D eigenvalue weighted by Gasteiger charge is 2.27. The Hall–Kier alpha value is -1.20. The topological polar surface area (TPSA) is 78.3 Å². The standard InChI is InChI=1S/C12H16N2O2S/c1-7-10(5-6-16-7)17-11-8(12(14)15)3-2-4-9(11)13/h2-4,7,10H,5-6,13H2,1H3,(H2,14,15). The maximum absolute atomic E-state index is 11.4. The molecule has 5 heteroatoms. The average molecular weight is 252 g/mol. The van der Waals surface area contributed by atoms with Crippen molar-refractivity contribution in [3.63, 3.8) is 0 Å². The first-order valence-corrected chi connectivity index (χ1v) is 6.44. The van der Waals surface area contributed by atoms with E-state index in [1.165, 1.54) is 0 Å². The van der Waals surface area contributed by atoms with Crippen LogP contribution in [0.2, 0.25) is 0 Å². The lowest BCUT2D eigenvalue weighted by Gasteiger charge is -2.16. The summed E-state index contributed by atoms with van der Waals surface area (Å²) in [5.41, 5.74) is 12.4. The number of ether oxygens (including phenoxy) is 1. The molecule has 2 unspecified atom stereocenters. The molecule has 0 radical (unpaired) electrons. The van der Waals surface area contributed by atoms with E-state index in [1.807, 2.05) is 6.92 Å². The van der Waals surface area contributed by atoms with Crippen LogP contribution in [0.15, 0.2) is 23.1 Å². The van der Waals surface area contributed by atoms with E-state index in [9.17, 15) is 4.79 Å². The van der Waals surface area contributed by atoms with Crippen LogP contribution in [-0.2, 0) is 4.74 Å². The minimum Gasteiger partial charge on any atom is -0.398 e. The Kier molecular flexibility index (Phi) is 3.59. The number of hydrogen-bond donors (Lipinski definition) is 2. The lowest BCUT2D eigenvalue weighted by molar-refractivity contribution is 0.0997. The van der Waals surface area contributed by atoms with E-state index in [0.29, 0.717) is 16.5 Å². The van der Waals surface area contributed by atoms with E-state index in [4.69, 9.17) is 16.2 Å². The van der Waals surface area contributed by atoms with Crippen molar-refractivity contribution in [1.29, 1.82) is 0 Å². The van der Waals surface area contributed by atoms with Crippen LogP contribution in [0.1, 0.15) is 23.7 Å². The van der Waals surface area contributed by atoms with Crippen LogP contribution >= 0.6 is 11.8 Å². The van der Waals surface area contributed by atoms with Crippen molar-refractivity contribution in [1.82, 2.24) is 0 Å². The molecule has 4 nitrogen and oxygen atoms in total. The first kappa shape index (κ1) is 12.3. The Balaban J connectivity index is 2.27. The van der Waals surface area contributed by atoms with Crippen molar-refractivity contribution in [2.45, 2.75) is 29.6 Å². The van der Waals surface area contributed by atoms with Crippen LogP contribution in [0.4, 0.5) is 5.69 Å². The van der Waals surface area contributed by atoms with Crippen molar-refractivity contribution in [2.75, 3.05) is 12.3 Å². The van der Waals surface area contributed by atoms with Gasteiger partial charge in [0.2, 0.25) is 5.91 Å². The van der Waals surface area contributed by atoms with E-state index in [0.717, 1.165) is 17.9 Å². The van der Waals surface area contributed by atoms with E-state index in [1.54, 1.807) is 30.0 Å². The zero-order chi connectivity index (χ0) is 12.4. The van der Waals surface area contributed by atoms with Gasteiger partial charge in [-0.2, -0.15) is 0 Å². The zero-order valence-corrected chi connectivity index (χ0v) is 10.5. The summed E-state index contributed by atoms with van der Waals surface area (Å²) in [5, 5.41) is 0.331. The smallest absolute Gasteiger partial charge is 0.249 e. The molecule has 0 aromatic heterocycles. The number of thioether (sulfide) groups is 1. The Morgan fingerprint density at radius 2 is 2.29 bits per heavy atom. The molecule has 1 fully saturated rings. The number of carbonyl (C=O) groups excluding carboxylic acids is 1. The van der Waals surface area contributed by atoms with Crippen LogP contribution < -0.4 is 11.5 Å². The molecule has 0 bridgehead atoms. The molecule has 0 spiro atoms. The number of primary amides is 1. The fourth-order valence-corrected chi connectivity index (χ4v) is 3.19. The normalized spacial score (nSPS) is 23.8. The van der Waals surface area contributed by atoms with Gasteiger partial charge < -0.3 is 16.2 Å². The van der Waals surface area contributed by atoms with Gasteiger partial charge in [0.25, 0.3) is 0 Å². The molecule has 2 rings (SSSR count). The van der Waals surface area contributed by atoms with Crippen LogP contribution in [0.5, 0.6) is 0 Å². The molecule has 17 heavy (non-hydrogen) atoms. The Labute approximate surface area is 105 Å². The van der Waals surface area contributed by atoms with Crippen LogP contribution in [-0.4, -0.2) is 23.9 Å². The largest absolute Gasteiger partial charge is 0.398 e. The minimum absolute atomic E-state index is 0.181. The minimum atomic E-state index is -0.439. The molecule has 1 aromatic carbocycles. The summed E-state index contributed by atoms with van der Waals surface area (Å²) >= 11 is 1.59. The number of rotatable bonds is 3. The summed E-state index contributed by atoms with van der Waals surface area (Å²) in [4.78, 5) is 12.1. The van der Waals surface area contributed by atoms with Gasteiger partial charge in [-0.1, -0.05) is 6.07 Å². The molecular formula is C12H16N2O2S. The highest BCUT2D eigenvalue weighted by molar-refractivity contribution is 8.00. The van der Waals surface area contributed by atoms with Gasteiger partial charge in [0, 0.05) is 22.4 Å². The molecule has 92 valence electrons. The van der Waals surface area contributed by atoms with Gasteiger partial charge in [0.05, 0.1) is 11.7 Å². The number of amides is 1. The predicted molar refractivity (Wildman–Crippen MR) is 69.0 cm³/mol. The van der Waals surface area contributed by atoms with Gasteiger partial charge in [-0.15, -0.1) is 11.8 Å². The third kappa shape index (κ3) is 2.56. The third-order valence-corrected chi connectivity index (χ3v) is 4.50. The Bertz CT molecular complexity index is 437. The van der Waals surface area contributed by atoms with Gasteiger partial charge in [-0.05, 0) is 25.5 Å². The molecule has 1 aromatic rings. The van der Waals surface area contributed by atoms with Gasteiger partial charge in [0.15, 0.2) is 0 Å². The van der Waals surface area contributed by atoms with Crippen molar-refractivity contribution in [3.05, 3.63) is 23.8 Å². The number of carbonyl (C=O) groups is 1. The summed E-state index contributed by atoms with van der Waals surface area (Å²) in [6, 6.07) is 5.24. The zero-order valence-electron chi connectivity index (χ0n) is 9.68. The maximum atomic E-state index is 11.4. The quantitative estimate of drug-likeness (QED) is 0.802. The molecule has 1 aliphatic rings. The first-order valence-electron chi connectivity index (χ1n) is 5.56. The molecule has 1 saturated heterocycles. The van der Waals surface area contributed by atoms with Crippen LogP contribution in [0, 0.1) is 0 Å². The summed E-state index contributed by atoms with van der Waals surface area (Å²) in [6.45, 7) is 2.80. The first-order chi connectivity index (χ1) is 8.09. The van der Waals surface area contributed by atoms with Crippen molar-refractivity contribution in [3.8, 4) is 0 Å². The summed E-state index contributed by atoms with van der Waals surface area (Å²) in [6.07, 6.45) is 1.15. The molecule has 0 aliphatic carbocycles. The fourth-order valence-electron chi connectivity index (χ4n) is 1.90. The van der Waals surface area contributed by atoms with Gasteiger partial charge in [-0.3, -0.25) is 4.79 Å². The number of hydrogen-bond acceptors (Lipinski definition) is 4. The second kappa shape index (κ2) is 4.98.